The van der Waals surface area contributed by atoms with Crippen molar-refractivity contribution in [3.05, 3.63) is 58.6 Å². The summed E-state index contributed by atoms with van der Waals surface area (Å²) in [5.74, 6) is -0.369. The van der Waals surface area contributed by atoms with Gasteiger partial charge in [-0.1, -0.05) is 11.6 Å². The zero-order valence-electron chi connectivity index (χ0n) is 15.7. The van der Waals surface area contributed by atoms with Crippen LogP contribution in [-0.4, -0.2) is 43.0 Å². The summed E-state index contributed by atoms with van der Waals surface area (Å²) in [5, 5.41) is 0.435. The summed E-state index contributed by atoms with van der Waals surface area (Å²) in [4.78, 5) is 28.5. The average Bonchev–Trinajstić information content (AvgIpc) is 2.69. The Morgan fingerprint density at radius 2 is 1.79 bits per heavy atom. The van der Waals surface area contributed by atoms with Crippen LogP contribution in [0.25, 0.3) is 0 Å². The van der Waals surface area contributed by atoms with Gasteiger partial charge in [0.15, 0.2) is 0 Å². The van der Waals surface area contributed by atoms with Crippen LogP contribution in [0.5, 0.6) is 5.75 Å². The number of benzene rings is 2. The van der Waals surface area contributed by atoms with Gasteiger partial charge in [-0.25, -0.2) is 0 Å². The molecule has 0 aromatic heterocycles. The van der Waals surface area contributed by atoms with Gasteiger partial charge in [0.05, 0.1) is 18.4 Å². The number of carbonyl (C=O) groups excluding carboxylic acids is 2. The van der Waals surface area contributed by atoms with E-state index in [1.807, 2.05) is 0 Å². The molecule has 0 saturated carbocycles. The molecule has 1 atom stereocenters. The fourth-order valence-corrected chi connectivity index (χ4v) is 3.40. The van der Waals surface area contributed by atoms with Crippen LogP contribution in [0.15, 0.2) is 42.5 Å². The minimum absolute atomic E-state index is 0.0893. The molecule has 3 rings (SSSR count). The molecule has 1 saturated heterocycles. The molecule has 0 radical (unpaired) electrons. The maximum absolute atomic E-state index is 12.9. The van der Waals surface area contributed by atoms with Crippen LogP contribution in [0.1, 0.15) is 22.8 Å². The number of anilines is 1. The van der Waals surface area contributed by atoms with Crippen LogP contribution >= 0.6 is 11.6 Å². The first-order valence-corrected chi connectivity index (χ1v) is 9.14. The highest BCUT2D eigenvalue weighted by Gasteiger charge is 2.37. The lowest BCUT2D eigenvalue weighted by Crippen LogP contribution is -2.57. The van der Waals surface area contributed by atoms with Crippen molar-refractivity contribution >= 4 is 29.1 Å². The molecule has 154 valence electrons. The summed E-state index contributed by atoms with van der Waals surface area (Å²) in [6.07, 6.45) is -4.48. The van der Waals surface area contributed by atoms with Crippen molar-refractivity contribution in [2.45, 2.75) is 19.1 Å². The van der Waals surface area contributed by atoms with Crippen LogP contribution in [0, 0.1) is 0 Å². The molecule has 5 nitrogen and oxygen atoms in total. The number of hydrogen-bond acceptors (Lipinski definition) is 3. The molecular weight excluding hydrogens is 409 g/mol. The Balaban J connectivity index is 1.81. The van der Waals surface area contributed by atoms with Gasteiger partial charge in [-0.15, -0.1) is 0 Å². The van der Waals surface area contributed by atoms with E-state index < -0.39 is 23.7 Å². The van der Waals surface area contributed by atoms with Gasteiger partial charge in [-0.3, -0.25) is 9.59 Å². The number of ether oxygens (including phenoxy) is 1. The lowest BCUT2D eigenvalue weighted by molar-refractivity contribution is -0.137. The summed E-state index contributed by atoms with van der Waals surface area (Å²) in [7, 11) is 1.48. The van der Waals surface area contributed by atoms with Crippen molar-refractivity contribution in [1.29, 1.82) is 0 Å². The van der Waals surface area contributed by atoms with E-state index in [4.69, 9.17) is 16.3 Å². The predicted molar refractivity (Wildman–Crippen MR) is 102 cm³/mol. The van der Waals surface area contributed by atoms with Gasteiger partial charge in [0.25, 0.3) is 5.91 Å². The molecule has 29 heavy (non-hydrogen) atoms. The van der Waals surface area contributed by atoms with E-state index in [1.54, 1.807) is 25.1 Å². The molecule has 0 aliphatic carbocycles. The van der Waals surface area contributed by atoms with E-state index >= 15 is 0 Å². The highest BCUT2D eigenvalue weighted by molar-refractivity contribution is 6.31. The van der Waals surface area contributed by atoms with Gasteiger partial charge in [0.1, 0.15) is 11.8 Å². The molecule has 2 aromatic carbocycles. The van der Waals surface area contributed by atoms with E-state index in [0.29, 0.717) is 16.5 Å². The first-order valence-electron chi connectivity index (χ1n) is 8.76. The third-order valence-electron chi connectivity index (χ3n) is 4.81. The second-order valence-electron chi connectivity index (χ2n) is 6.56. The fraction of sp³-hybridized carbons (Fsp3) is 0.300. The lowest BCUT2D eigenvalue weighted by atomic mass is 10.1. The van der Waals surface area contributed by atoms with Crippen molar-refractivity contribution in [3.63, 3.8) is 0 Å². The molecule has 1 fully saturated rings. The number of halogens is 4. The first-order chi connectivity index (χ1) is 13.6. The highest BCUT2D eigenvalue weighted by Crippen LogP contribution is 2.34. The third kappa shape index (κ3) is 4.17. The fourth-order valence-electron chi connectivity index (χ4n) is 3.23. The molecule has 1 heterocycles. The topological polar surface area (TPSA) is 49.9 Å². The zero-order valence-corrected chi connectivity index (χ0v) is 16.4. The maximum atomic E-state index is 12.9. The van der Waals surface area contributed by atoms with Gasteiger partial charge in [0.2, 0.25) is 5.91 Å². The third-order valence-corrected chi connectivity index (χ3v) is 5.04. The lowest BCUT2D eigenvalue weighted by Gasteiger charge is -2.39. The summed E-state index contributed by atoms with van der Waals surface area (Å²) in [6.45, 7) is 1.99. The van der Waals surface area contributed by atoms with Crippen molar-refractivity contribution < 1.29 is 27.5 Å². The first kappa shape index (κ1) is 21.0. The molecule has 0 spiro atoms. The minimum Gasteiger partial charge on any atom is -0.495 e. The number of hydrogen-bond donors (Lipinski definition) is 0. The van der Waals surface area contributed by atoms with E-state index in [-0.39, 0.29) is 24.6 Å². The van der Waals surface area contributed by atoms with Gasteiger partial charge in [-0.05, 0) is 49.4 Å². The standard InChI is InChI=1S/C20H18ClF3N2O3/c1-12-18(27)26(16-11-15(21)7-8-17(16)29-2)10-9-25(12)19(28)13-3-5-14(6-4-13)20(22,23)24/h3-8,11-12H,9-10H2,1-2H3. The van der Waals surface area contributed by atoms with Crippen LogP contribution in [0.2, 0.25) is 5.02 Å². The van der Waals surface area contributed by atoms with Crippen LogP contribution < -0.4 is 9.64 Å². The Bertz CT molecular complexity index is 932. The van der Waals surface area contributed by atoms with Gasteiger partial charge >= 0.3 is 6.18 Å². The number of rotatable bonds is 3. The van der Waals surface area contributed by atoms with Gasteiger partial charge in [-0.2, -0.15) is 13.2 Å². The largest absolute Gasteiger partial charge is 0.495 e. The molecule has 9 heteroatoms. The Labute approximate surface area is 170 Å². The van der Waals surface area contributed by atoms with Crippen molar-refractivity contribution in [2.75, 3.05) is 25.1 Å². The Morgan fingerprint density at radius 3 is 2.38 bits per heavy atom. The van der Waals surface area contributed by atoms with Crippen molar-refractivity contribution in [1.82, 2.24) is 4.90 Å². The van der Waals surface area contributed by atoms with Crippen molar-refractivity contribution in [2.24, 2.45) is 0 Å². The van der Waals surface area contributed by atoms with Crippen LogP contribution in [-0.2, 0) is 11.0 Å². The summed E-state index contributed by atoms with van der Waals surface area (Å²) >= 11 is 6.04. The predicted octanol–water partition coefficient (Wildman–Crippen LogP) is 4.24. The number of alkyl halides is 3. The minimum atomic E-state index is -4.48. The number of nitrogens with zero attached hydrogens (tertiary/aromatic N) is 2. The summed E-state index contributed by atoms with van der Waals surface area (Å²) in [6, 6.07) is 8.04. The maximum Gasteiger partial charge on any atom is 0.416 e. The Kier molecular flexibility index (Phi) is 5.75. The quantitative estimate of drug-likeness (QED) is 0.737. The molecule has 0 N–H and O–H groups in total. The Morgan fingerprint density at radius 1 is 1.14 bits per heavy atom. The second-order valence-corrected chi connectivity index (χ2v) is 6.99. The van der Waals surface area contributed by atoms with Crippen molar-refractivity contribution in [3.8, 4) is 5.75 Å². The molecule has 2 amide bonds. The van der Waals surface area contributed by atoms with Gasteiger partial charge < -0.3 is 14.5 Å². The van der Waals surface area contributed by atoms with E-state index in [0.717, 1.165) is 24.3 Å². The summed E-state index contributed by atoms with van der Waals surface area (Å²) < 4.78 is 43.4. The van der Waals surface area contributed by atoms with Gasteiger partial charge in [0, 0.05) is 23.7 Å². The smallest absolute Gasteiger partial charge is 0.416 e. The zero-order chi connectivity index (χ0) is 21.3. The summed E-state index contributed by atoms with van der Waals surface area (Å²) in [5.41, 5.74) is -0.249. The highest BCUT2D eigenvalue weighted by atomic mass is 35.5. The van der Waals surface area contributed by atoms with E-state index in [9.17, 15) is 22.8 Å². The molecule has 2 aromatic rings. The number of piperazine rings is 1. The molecule has 0 bridgehead atoms. The Hall–Kier alpha value is -2.74. The molecule has 1 aliphatic rings. The SMILES string of the molecule is COc1ccc(Cl)cc1N1CCN(C(=O)c2ccc(C(F)(F)F)cc2)C(C)C1=O. The average molecular weight is 427 g/mol. The van der Waals surface area contributed by atoms with E-state index in [1.165, 1.54) is 16.9 Å². The monoisotopic (exact) mass is 426 g/mol. The van der Waals surface area contributed by atoms with Crippen LogP contribution in [0.3, 0.4) is 0 Å². The number of amides is 2. The molecule has 1 aliphatic heterocycles. The number of carbonyl (C=O) groups is 2. The van der Waals surface area contributed by atoms with E-state index in [2.05, 4.69) is 0 Å². The number of methoxy groups -OCH3 is 1. The molecular formula is C20H18ClF3N2O3. The molecule has 1 unspecified atom stereocenters. The second kappa shape index (κ2) is 7.94. The van der Waals surface area contributed by atoms with Crippen LogP contribution in [0.4, 0.5) is 18.9 Å². The normalized spacial score (nSPS) is 17.4.